The second kappa shape index (κ2) is 35.8. The van der Waals surface area contributed by atoms with Crippen molar-refractivity contribution in [3.63, 3.8) is 0 Å². The third-order valence-electron chi connectivity index (χ3n) is 8.78. The van der Waals surface area contributed by atoms with E-state index in [1.165, 1.54) is 128 Å². The number of phosphoric ester groups is 1. The Kier molecular flexibility index (Phi) is 35.0. The van der Waals surface area contributed by atoms with E-state index >= 15 is 0 Å². The molecule has 0 aromatic rings. The lowest BCUT2D eigenvalue weighted by molar-refractivity contribution is -0.123. The van der Waals surface area contributed by atoms with Gasteiger partial charge in [-0.05, 0) is 32.1 Å². The number of nitrogens with one attached hydrogen (secondary N) is 1. The zero-order valence-electron chi connectivity index (χ0n) is 31.2. The smallest absolute Gasteiger partial charge is 0.387 e. The average molecular weight is 701 g/mol. The molecule has 0 aromatic carbocycles. The van der Waals surface area contributed by atoms with Gasteiger partial charge in [-0.1, -0.05) is 173 Å². The van der Waals surface area contributed by atoms with E-state index in [-0.39, 0.29) is 25.7 Å². The lowest BCUT2D eigenvalue weighted by atomic mass is 10.0. The highest BCUT2D eigenvalue weighted by atomic mass is 31.2. The summed E-state index contributed by atoms with van der Waals surface area (Å²) in [7, 11) is -4.33. The Morgan fingerprint density at radius 3 is 1.60 bits per heavy atom. The molecule has 5 N–H and O–H groups in total. The molecule has 284 valence electrons. The molecule has 0 bridgehead atoms. The van der Waals surface area contributed by atoms with Crippen molar-refractivity contribution in [1.29, 1.82) is 0 Å². The molecule has 0 saturated carbocycles. The maximum Gasteiger partial charge on any atom is 0.472 e. The molecule has 0 rings (SSSR count). The van der Waals surface area contributed by atoms with Crippen LogP contribution >= 0.6 is 7.82 Å². The van der Waals surface area contributed by atoms with E-state index in [1.807, 2.05) is 6.08 Å². The van der Waals surface area contributed by atoms with E-state index in [9.17, 15) is 19.4 Å². The second-order valence-corrected chi connectivity index (χ2v) is 14.9. The number of carbonyl (C=O) groups excluding carboxylic acids is 1. The molecule has 0 aromatic heterocycles. The Hall–Kier alpha value is -1.02. The first-order valence-corrected chi connectivity index (χ1v) is 21.5. The van der Waals surface area contributed by atoms with Gasteiger partial charge in [-0.3, -0.25) is 13.8 Å². The monoisotopic (exact) mass is 701 g/mol. The number of aliphatic hydroxyl groups is 1. The van der Waals surface area contributed by atoms with Gasteiger partial charge in [-0.2, -0.15) is 0 Å². The van der Waals surface area contributed by atoms with Crippen molar-refractivity contribution < 1.29 is 28.4 Å². The molecule has 0 saturated heterocycles. The Morgan fingerprint density at radius 1 is 0.667 bits per heavy atom. The van der Waals surface area contributed by atoms with Crippen LogP contribution in [0.25, 0.3) is 0 Å². The van der Waals surface area contributed by atoms with Gasteiger partial charge in [0.05, 0.1) is 25.4 Å². The SMILES string of the molecule is CCCCCCCCCCCCCCCC/C=C/CC/C=C/C(O)C(COP(=O)(O)OCCN)NC(=O)CCCCCCCCCCC. The quantitative estimate of drug-likeness (QED) is 0.0288. The van der Waals surface area contributed by atoms with E-state index in [1.54, 1.807) is 6.08 Å². The summed E-state index contributed by atoms with van der Waals surface area (Å²) in [6.07, 6.45) is 39.5. The zero-order valence-corrected chi connectivity index (χ0v) is 32.1. The summed E-state index contributed by atoms with van der Waals surface area (Å²) in [5.74, 6) is -0.207. The molecule has 3 unspecified atom stereocenters. The molecule has 48 heavy (non-hydrogen) atoms. The molecule has 9 heteroatoms. The van der Waals surface area contributed by atoms with E-state index in [4.69, 9.17) is 14.8 Å². The van der Waals surface area contributed by atoms with Crippen molar-refractivity contribution in [2.24, 2.45) is 5.73 Å². The van der Waals surface area contributed by atoms with Gasteiger partial charge < -0.3 is 21.1 Å². The fourth-order valence-corrected chi connectivity index (χ4v) is 6.49. The number of unbranched alkanes of at least 4 members (excludes halogenated alkanes) is 23. The number of carbonyl (C=O) groups is 1. The lowest BCUT2D eigenvalue weighted by Gasteiger charge is -2.23. The minimum absolute atomic E-state index is 0.0755. The summed E-state index contributed by atoms with van der Waals surface area (Å²) >= 11 is 0. The molecule has 0 heterocycles. The van der Waals surface area contributed by atoms with E-state index in [0.29, 0.717) is 6.42 Å². The Labute approximate surface area is 296 Å². The molecule has 0 aliphatic rings. The number of rotatable bonds is 37. The molecule has 8 nitrogen and oxygen atoms in total. The number of phosphoric acid groups is 1. The number of aliphatic hydroxyl groups excluding tert-OH is 1. The standard InChI is InChI=1S/C39H77N2O6P/c1-3-5-7-9-11-13-14-15-16-17-18-19-20-21-22-23-25-26-28-30-32-38(42)37(36-47-48(44,45)46-35-34-40)41-39(43)33-31-29-27-24-12-10-8-6-4-2/h23,25,30,32,37-38,42H,3-22,24,26-29,31,33-36,40H2,1-2H3,(H,41,43)(H,44,45)/b25-23+,32-30+. The largest absolute Gasteiger partial charge is 0.472 e. The van der Waals surface area contributed by atoms with Gasteiger partial charge in [0, 0.05) is 13.0 Å². The van der Waals surface area contributed by atoms with Gasteiger partial charge in [0.15, 0.2) is 0 Å². The van der Waals surface area contributed by atoms with Crippen LogP contribution in [0.3, 0.4) is 0 Å². The van der Waals surface area contributed by atoms with Crippen molar-refractivity contribution in [2.75, 3.05) is 19.8 Å². The van der Waals surface area contributed by atoms with Crippen molar-refractivity contribution in [3.05, 3.63) is 24.3 Å². The summed E-state index contributed by atoms with van der Waals surface area (Å²) in [6.45, 7) is 4.09. The molecular formula is C39H77N2O6P. The molecule has 0 radical (unpaired) electrons. The van der Waals surface area contributed by atoms with Crippen LogP contribution in [0, 0.1) is 0 Å². The number of amides is 1. The van der Waals surface area contributed by atoms with Gasteiger partial charge in [0.25, 0.3) is 0 Å². The van der Waals surface area contributed by atoms with E-state index in [0.717, 1.165) is 38.5 Å². The second-order valence-electron chi connectivity index (χ2n) is 13.5. The van der Waals surface area contributed by atoms with Crippen LogP contribution in [0.5, 0.6) is 0 Å². The molecule has 1 amide bonds. The summed E-state index contributed by atoms with van der Waals surface area (Å²) < 4.78 is 22.0. The number of nitrogens with two attached hydrogens (primary N) is 1. The summed E-state index contributed by atoms with van der Waals surface area (Å²) in [6, 6.07) is -0.870. The Morgan fingerprint density at radius 2 is 1.10 bits per heavy atom. The maximum atomic E-state index is 12.6. The molecule has 0 spiro atoms. The van der Waals surface area contributed by atoms with Crippen molar-refractivity contribution in [2.45, 2.75) is 199 Å². The Balaban J connectivity index is 4.24. The molecular weight excluding hydrogens is 623 g/mol. The van der Waals surface area contributed by atoms with Gasteiger partial charge in [0.1, 0.15) is 0 Å². The van der Waals surface area contributed by atoms with Crippen LogP contribution in [0.2, 0.25) is 0 Å². The minimum atomic E-state index is -4.33. The highest BCUT2D eigenvalue weighted by Gasteiger charge is 2.26. The number of hydrogen-bond acceptors (Lipinski definition) is 6. The summed E-state index contributed by atoms with van der Waals surface area (Å²) in [5.41, 5.74) is 5.35. The predicted octanol–water partition coefficient (Wildman–Crippen LogP) is 10.6. The summed E-state index contributed by atoms with van der Waals surface area (Å²) in [5, 5.41) is 13.6. The molecule has 3 atom stereocenters. The normalized spacial score (nSPS) is 14.5. The fraction of sp³-hybridized carbons (Fsp3) is 0.872. The maximum absolute atomic E-state index is 12.6. The third-order valence-corrected chi connectivity index (χ3v) is 9.76. The molecule has 0 fully saturated rings. The van der Waals surface area contributed by atoms with Gasteiger partial charge in [-0.25, -0.2) is 4.57 Å². The van der Waals surface area contributed by atoms with E-state index < -0.39 is 20.0 Å². The average Bonchev–Trinajstić information content (AvgIpc) is 3.07. The number of allylic oxidation sites excluding steroid dienone is 3. The molecule has 0 aliphatic carbocycles. The first-order valence-electron chi connectivity index (χ1n) is 20.0. The molecule has 0 aliphatic heterocycles. The van der Waals surface area contributed by atoms with Gasteiger partial charge >= 0.3 is 7.82 Å². The first kappa shape index (κ1) is 47.0. The van der Waals surface area contributed by atoms with Crippen molar-refractivity contribution in [1.82, 2.24) is 5.32 Å². The predicted molar refractivity (Wildman–Crippen MR) is 203 cm³/mol. The van der Waals surface area contributed by atoms with Crippen LogP contribution in [0.15, 0.2) is 24.3 Å². The van der Waals surface area contributed by atoms with Crippen molar-refractivity contribution >= 4 is 13.7 Å². The van der Waals surface area contributed by atoms with Gasteiger partial charge in [-0.15, -0.1) is 0 Å². The van der Waals surface area contributed by atoms with Crippen LogP contribution in [0.1, 0.15) is 187 Å². The van der Waals surface area contributed by atoms with Crippen LogP contribution in [0.4, 0.5) is 0 Å². The van der Waals surface area contributed by atoms with Gasteiger partial charge in [0.2, 0.25) is 5.91 Å². The fourth-order valence-electron chi connectivity index (χ4n) is 5.74. The van der Waals surface area contributed by atoms with Crippen LogP contribution in [-0.4, -0.2) is 47.8 Å². The highest BCUT2D eigenvalue weighted by molar-refractivity contribution is 7.47. The first-order chi connectivity index (χ1) is 23.4. The van der Waals surface area contributed by atoms with E-state index in [2.05, 4.69) is 31.3 Å². The van der Waals surface area contributed by atoms with Crippen LogP contribution in [-0.2, 0) is 18.4 Å². The Bertz CT molecular complexity index is 809. The topological polar surface area (TPSA) is 131 Å². The third kappa shape index (κ3) is 33.5. The minimum Gasteiger partial charge on any atom is -0.387 e. The lowest BCUT2D eigenvalue weighted by Crippen LogP contribution is -2.45. The highest BCUT2D eigenvalue weighted by Crippen LogP contribution is 2.43. The zero-order chi connectivity index (χ0) is 35.4. The van der Waals surface area contributed by atoms with Crippen LogP contribution < -0.4 is 11.1 Å². The van der Waals surface area contributed by atoms with Crippen molar-refractivity contribution in [3.8, 4) is 0 Å². The summed E-state index contributed by atoms with van der Waals surface area (Å²) in [4.78, 5) is 22.5. The number of hydrogen-bond donors (Lipinski definition) is 4.